The van der Waals surface area contributed by atoms with Gasteiger partial charge < -0.3 is 0 Å². The third-order valence-electron chi connectivity index (χ3n) is 1.57. The number of hydrogen-bond donors (Lipinski definition) is 1. The molecule has 1 N–H and O–H groups in total. The van der Waals surface area contributed by atoms with Crippen LogP contribution < -0.4 is 0 Å². The molecule has 0 aromatic heterocycles. The van der Waals surface area contributed by atoms with Gasteiger partial charge in [0.15, 0.2) is 0 Å². The quantitative estimate of drug-likeness (QED) is 0.557. The molecule has 0 aliphatic carbocycles. The molecule has 77 valence electrons. The number of halogens is 1. The summed E-state index contributed by atoms with van der Waals surface area (Å²) in [4.78, 5) is 10.7. The van der Waals surface area contributed by atoms with Crippen LogP contribution in [0, 0.1) is 0 Å². The van der Waals surface area contributed by atoms with Crippen molar-refractivity contribution in [3.63, 3.8) is 0 Å². The third kappa shape index (κ3) is 3.14. The molecule has 0 radical (unpaired) electrons. The van der Waals surface area contributed by atoms with Crippen LogP contribution in [0.5, 0.6) is 0 Å². The molecule has 0 saturated heterocycles. The molecule has 0 spiro atoms. The van der Waals surface area contributed by atoms with Crippen LogP contribution in [0.4, 0.5) is 0 Å². The molecule has 0 heterocycles. The van der Waals surface area contributed by atoms with Gasteiger partial charge in [-0.3, -0.25) is 0 Å². The monoisotopic (exact) mass is 437 g/mol. The molecule has 8 heteroatoms. The van der Waals surface area contributed by atoms with Crippen LogP contribution in [0.25, 0.3) is 0 Å². The second kappa shape index (κ2) is 4.77. The summed E-state index contributed by atoms with van der Waals surface area (Å²) >= 11 is 5.30. The van der Waals surface area contributed by atoms with Crippen molar-refractivity contribution in [2.24, 2.45) is 0 Å². The summed E-state index contributed by atoms with van der Waals surface area (Å²) < 4.78 is 35.3. The first-order valence-corrected chi connectivity index (χ1v) is 7.66. The number of carbonyl (C=O) groups excluding carboxylic acids is 1. The Labute approximate surface area is 108 Å². The summed E-state index contributed by atoms with van der Waals surface area (Å²) in [6, 6.07) is 3.54. The van der Waals surface area contributed by atoms with Gasteiger partial charge in [0.25, 0.3) is 0 Å². The fraction of sp³-hybridized carbons (Fsp3) is 0. The number of rotatable bonds is 2. The second-order valence-electron chi connectivity index (χ2n) is 2.55. The molecule has 0 saturated carbocycles. The Morgan fingerprint density at radius 2 is 2.07 bits per heavy atom. The van der Waals surface area contributed by atoms with Gasteiger partial charge in [-0.05, 0) is 0 Å². The topological polar surface area (TPSA) is 80.7 Å². The summed E-state index contributed by atoms with van der Waals surface area (Å²) in [6.07, 6.45) is 0. The minimum absolute atomic E-state index is 0.109. The first kappa shape index (κ1) is 12.9. The molecular weight excluding hydrogens is 432 g/mol. The summed E-state index contributed by atoms with van der Waals surface area (Å²) in [5.41, 5.74) is -0.211. The van der Waals surface area contributed by atoms with Crippen molar-refractivity contribution < 1.29 is 47.0 Å². The summed E-state index contributed by atoms with van der Waals surface area (Å²) in [7, 11) is -4.47. The predicted molar refractivity (Wildman–Crippen MR) is 46.7 cm³/mol. The van der Waals surface area contributed by atoms with E-state index >= 15 is 0 Å². The minimum atomic E-state index is -4.47. The molecule has 1 aromatic carbocycles. The van der Waals surface area contributed by atoms with Crippen molar-refractivity contribution in [1.29, 1.82) is 0 Å². The van der Waals surface area contributed by atoms with E-state index in [1.54, 1.807) is 0 Å². The first-order valence-electron chi connectivity index (χ1n) is 3.59. The van der Waals surface area contributed by atoms with E-state index in [2.05, 4.69) is 2.64 Å². The van der Waals surface area contributed by atoms with Crippen LogP contribution >= 0.6 is 11.6 Å². The zero-order valence-corrected chi connectivity index (χ0v) is 14.4. The van der Waals surface area contributed by atoms with Gasteiger partial charge in [-0.15, -0.1) is 0 Å². The van der Waals surface area contributed by atoms with Gasteiger partial charge in [0, 0.05) is 0 Å². The molecule has 0 atom stereocenters. The average Bonchev–Trinajstić information content (AvgIpc) is 2.15. The van der Waals surface area contributed by atoms with E-state index in [-0.39, 0.29) is 37.2 Å². The van der Waals surface area contributed by atoms with Crippen LogP contribution in [0.2, 0.25) is 5.02 Å². The number of carbonyl (C=O) groups is 1. The zero-order chi connectivity index (χ0) is 11.6. The number of benzene rings is 1. The van der Waals surface area contributed by atoms with E-state index in [1.807, 2.05) is 0 Å². The SMILES string of the molecule is O=C([O][Hg])c1ccc(Cl)cc1S(=O)(=O)O. The molecular formula is C7H4ClHgO5S. The maximum absolute atomic E-state index is 11.2. The molecule has 0 aliphatic rings. The van der Waals surface area contributed by atoms with Gasteiger partial charge in [0.05, 0.1) is 0 Å². The van der Waals surface area contributed by atoms with Crippen molar-refractivity contribution in [3.05, 3.63) is 28.8 Å². The van der Waals surface area contributed by atoms with Crippen molar-refractivity contribution >= 4 is 27.7 Å². The third-order valence-corrected chi connectivity index (χ3v) is 3.72. The Balaban J connectivity index is 3.47. The van der Waals surface area contributed by atoms with E-state index in [4.69, 9.17) is 16.2 Å². The molecule has 0 bridgehead atoms. The van der Waals surface area contributed by atoms with Crippen molar-refractivity contribution in [2.45, 2.75) is 4.90 Å². The van der Waals surface area contributed by atoms with Crippen LogP contribution in [0.3, 0.4) is 0 Å². The van der Waals surface area contributed by atoms with Crippen molar-refractivity contribution in [1.82, 2.24) is 0 Å². The van der Waals surface area contributed by atoms with Crippen molar-refractivity contribution in [2.75, 3.05) is 0 Å². The van der Waals surface area contributed by atoms with Crippen molar-refractivity contribution in [3.8, 4) is 0 Å². The van der Waals surface area contributed by atoms with E-state index in [9.17, 15) is 13.2 Å². The fourth-order valence-electron chi connectivity index (χ4n) is 0.956. The molecule has 0 amide bonds. The molecule has 0 unspecified atom stereocenters. The molecule has 1 rings (SSSR count). The van der Waals surface area contributed by atoms with E-state index in [0.717, 1.165) is 6.07 Å². The maximum atomic E-state index is 11.2. The molecule has 1 aromatic rings. The Bertz CT molecular complexity index is 498. The van der Waals surface area contributed by atoms with Crippen LogP contribution in [-0.4, -0.2) is 18.9 Å². The standard InChI is InChI=1S/C7H5ClO5S.Hg/c8-4-1-2-5(7(9)10)6(3-4)14(11,12)13;/h1-3H,(H,9,10)(H,11,12,13);/q;+1/p-1. The van der Waals surface area contributed by atoms with Gasteiger partial charge in [-0.1, -0.05) is 0 Å². The molecule has 0 aliphatic heterocycles. The Hall–Kier alpha value is -0.175. The second-order valence-corrected chi connectivity index (χ2v) is 5.50. The summed E-state index contributed by atoms with van der Waals surface area (Å²) in [5, 5.41) is 0.109. The van der Waals surface area contributed by atoms with Crippen LogP contribution in [-0.2, 0) is 39.3 Å². The predicted octanol–water partition coefficient (Wildman–Crippen LogP) is 1.21. The van der Waals surface area contributed by atoms with Gasteiger partial charge in [-0.25, -0.2) is 0 Å². The normalized spacial score (nSPS) is 11.2. The van der Waals surface area contributed by atoms with Gasteiger partial charge >= 0.3 is 108 Å². The summed E-state index contributed by atoms with van der Waals surface area (Å²) in [5.74, 6) is -0.775. The van der Waals surface area contributed by atoms with Gasteiger partial charge in [0.1, 0.15) is 0 Å². The first-order chi connectivity index (χ1) is 6.86. The van der Waals surface area contributed by atoms with E-state index < -0.39 is 21.0 Å². The molecule has 15 heavy (non-hydrogen) atoms. The Kier molecular flexibility index (Phi) is 4.10. The fourth-order valence-corrected chi connectivity index (χ4v) is 2.50. The number of hydrogen-bond acceptors (Lipinski definition) is 4. The van der Waals surface area contributed by atoms with Gasteiger partial charge in [0.2, 0.25) is 0 Å². The average molecular weight is 436 g/mol. The van der Waals surface area contributed by atoms with Crippen LogP contribution in [0.1, 0.15) is 10.4 Å². The molecule has 0 fully saturated rings. The summed E-state index contributed by atoms with van der Waals surface area (Å²) in [6.45, 7) is 0. The zero-order valence-electron chi connectivity index (χ0n) is 7.31. The van der Waals surface area contributed by atoms with Crippen LogP contribution in [0.15, 0.2) is 23.1 Å². The molecule has 5 nitrogen and oxygen atoms in total. The van der Waals surface area contributed by atoms with E-state index in [1.165, 1.54) is 12.1 Å². The van der Waals surface area contributed by atoms with Gasteiger partial charge in [-0.2, -0.15) is 0 Å². The Morgan fingerprint density at radius 1 is 1.47 bits per heavy atom. The Morgan fingerprint density at radius 3 is 2.53 bits per heavy atom. The van der Waals surface area contributed by atoms with E-state index in [0.29, 0.717) is 0 Å².